The van der Waals surface area contributed by atoms with Gasteiger partial charge in [-0.1, -0.05) is 13.3 Å². The summed E-state index contributed by atoms with van der Waals surface area (Å²) in [6.45, 7) is 6.34. The highest BCUT2D eigenvalue weighted by Gasteiger charge is 2.14. The third-order valence-corrected chi connectivity index (χ3v) is 3.96. The highest BCUT2D eigenvalue weighted by atomic mass is 32.1. The fourth-order valence-electron chi connectivity index (χ4n) is 1.73. The SMILES string of the molecule is CCCCN(Cc1sccc1C)C(=O)CCOC. The maximum absolute atomic E-state index is 12.1. The maximum atomic E-state index is 12.1. The molecule has 0 aromatic carbocycles. The van der Waals surface area contributed by atoms with E-state index < -0.39 is 0 Å². The molecular formula is C14H23NO2S. The van der Waals surface area contributed by atoms with Gasteiger partial charge in [0.2, 0.25) is 5.91 Å². The number of carbonyl (C=O) groups is 1. The molecule has 102 valence electrons. The minimum atomic E-state index is 0.193. The number of amides is 1. The van der Waals surface area contributed by atoms with Gasteiger partial charge in [0, 0.05) is 18.5 Å². The van der Waals surface area contributed by atoms with E-state index >= 15 is 0 Å². The number of ether oxygens (including phenoxy) is 1. The van der Waals surface area contributed by atoms with E-state index in [-0.39, 0.29) is 5.91 Å². The Morgan fingerprint density at radius 2 is 2.28 bits per heavy atom. The molecule has 0 aliphatic heterocycles. The summed E-state index contributed by atoms with van der Waals surface area (Å²) in [6, 6.07) is 2.11. The second kappa shape index (κ2) is 8.27. The van der Waals surface area contributed by atoms with E-state index in [0.29, 0.717) is 13.0 Å². The minimum Gasteiger partial charge on any atom is -0.384 e. The number of carbonyl (C=O) groups excluding carboxylic acids is 1. The van der Waals surface area contributed by atoms with Gasteiger partial charge in [-0.05, 0) is 30.4 Å². The van der Waals surface area contributed by atoms with Crippen LogP contribution in [-0.4, -0.2) is 31.1 Å². The first kappa shape index (κ1) is 15.2. The predicted octanol–water partition coefficient (Wildman–Crippen LogP) is 3.22. The molecule has 4 heteroatoms. The largest absolute Gasteiger partial charge is 0.384 e. The van der Waals surface area contributed by atoms with E-state index in [1.807, 2.05) is 4.90 Å². The molecule has 1 aromatic rings. The van der Waals surface area contributed by atoms with Gasteiger partial charge in [0.05, 0.1) is 19.6 Å². The average molecular weight is 269 g/mol. The summed E-state index contributed by atoms with van der Waals surface area (Å²) in [5, 5.41) is 2.09. The molecule has 1 amide bonds. The molecular weight excluding hydrogens is 246 g/mol. The molecule has 0 N–H and O–H groups in total. The monoisotopic (exact) mass is 269 g/mol. The van der Waals surface area contributed by atoms with E-state index in [1.165, 1.54) is 10.4 Å². The fraction of sp³-hybridized carbons (Fsp3) is 0.643. The third-order valence-electron chi connectivity index (χ3n) is 2.96. The molecule has 0 saturated carbocycles. The first-order valence-electron chi connectivity index (χ1n) is 6.48. The van der Waals surface area contributed by atoms with Crippen LogP contribution in [0.25, 0.3) is 0 Å². The van der Waals surface area contributed by atoms with Gasteiger partial charge < -0.3 is 9.64 Å². The molecule has 0 bridgehead atoms. The van der Waals surface area contributed by atoms with Crippen LogP contribution in [0.2, 0.25) is 0 Å². The topological polar surface area (TPSA) is 29.5 Å². The van der Waals surface area contributed by atoms with Crippen molar-refractivity contribution in [2.45, 2.75) is 39.7 Å². The summed E-state index contributed by atoms with van der Waals surface area (Å²) in [7, 11) is 1.63. The van der Waals surface area contributed by atoms with Crippen molar-refractivity contribution in [3.8, 4) is 0 Å². The van der Waals surface area contributed by atoms with Gasteiger partial charge in [0.1, 0.15) is 0 Å². The number of unbranched alkanes of at least 4 members (excludes halogenated alkanes) is 1. The van der Waals surface area contributed by atoms with Crippen molar-refractivity contribution in [3.05, 3.63) is 21.9 Å². The standard InChI is InChI=1S/C14H23NO2S/c1-4-5-8-15(14(16)6-9-17-3)11-13-12(2)7-10-18-13/h7,10H,4-6,8-9,11H2,1-3H3. The molecule has 0 fully saturated rings. The second-order valence-electron chi connectivity index (χ2n) is 4.44. The van der Waals surface area contributed by atoms with E-state index in [0.717, 1.165) is 25.9 Å². The van der Waals surface area contributed by atoms with Crippen molar-refractivity contribution in [1.82, 2.24) is 4.90 Å². The van der Waals surface area contributed by atoms with Crippen molar-refractivity contribution < 1.29 is 9.53 Å². The van der Waals surface area contributed by atoms with Crippen LogP contribution in [0.5, 0.6) is 0 Å². The second-order valence-corrected chi connectivity index (χ2v) is 5.44. The Morgan fingerprint density at radius 1 is 1.50 bits per heavy atom. The van der Waals surface area contributed by atoms with Crippen molar-refractivity contribution in [1.29, 1.82) is 0 Å². The molecule has 0 saturated heterocycles. The van der Waals surface area contributed by atoms with E-state index in [4.69, 9.17) is 4.74 Å². The highest BCUT2D eigenvalue weighted by molar-refractivity contribution is 7.10. The Kier molecular flexibility index (Phi) is 6.98. The van der Waals surface area contributed by atoms with E-state index in [2.05, 4.69) is 25.3 Å². The van der Waals surface area contributed by atoms with Crippen LogP contribution in [0.3, 0.4) is 0 Å². The van der Waals surface area contributed by atoms with Crippen molar-refractivity contribution in [2.75, 3.05) is 20.3 Å². The average Bonchev–Trinajstić information content (AvgIpc) is 2.77. The van der Waals surface area contributed by atoms with Gasteiger partial charge >= 0.3 is 0 Å². The molecule has 0 aliphatic rings. The molecule has 18 heavy (non-hydrogen) atoms. The number of methoxy groups -OCH3 is 1. The summed E-state index contributed by atoms with van der Waals surface area (Å²) in [4.78, 5) is 15.3. The van der Waals surface area contributed by atoms with Crippen LogP contribution < -0.4 is 0 Å². The summed E-state index contributed by atoms with van der Waals surface area (Å²) in [5.74, 6) is 0.193. The third kappa shape index (κ3) is 4.78. The molecule has 3 nitrogen and oxygen atoms in total. The first-order valence-corrected chi connectivity index (χ1v) is 7.36. The number of rotatable bonds is 8. The summed E-state index contributed by atoms with van der Waals surface area (Å²) >= 11 is 1.73. The summed E-state index contributed by atoms with van der Waals surface area (Å²) in [5.41, 5.74) is 1.28. The number of aryl methyl sites for hydroxylation is 1. The Labute approximate surface area is 114 Å². The van der Waals surface area contributed by atoms with Crippen LogP contribution in [-0.2, 0) is 16.1 Å². The van der Waals surface area contributed by atoms with Gasteiger partial charge in [-0.25, -0.2) is 0 Å². The fourth-order valence-corrected chi connectivity index (χ4v) is 2.65. The normalized spacial score (nSPS) is 10.6. The molecule has 0 unspecified atom stereocenters. The molecule has 1 rings (SSSR count). The zero-order chi connectivity index (χ0) is 13.4. The van der Waals surface area contributed by atoms with Crippen LogP contribution >= 0.6 is 11.3 Å². The van der Waals surface area contributed by atoms with Crippen molar-refractivity contribution >= 4 is 17.2 Å². The zero-order valence-electron chi connectivity index (χ0n) is 11.6. The Balaban J connectivity index is 2.60. The van der Waals surface area contributed by atoms with Crippen molar-refractivity contribution in [2.24, 2.45) is 0 Å². The lowest BCUT2D eigenvalue weighted by Crippen LogP contribution is -2.32. The van der Waals surface area contributed by atoms with Gasteiger partial charge in [0.25, 0.3) is 0 Å². The quantitative estimate of drug-likeness (QED) is 0.725. The van der Waals surface area contributed by atoms with Gasteiger partial charge in [0.15, 0.2) is 0 Å². The Morgan fingerprint density at radius 3 is 2.83 bits per heavy atom. The van der Waals surface area contributed by atoms with Crippen LogP contribution in [0.4, 0.5) is 0 Å². The molecule has 0 radical (unpaired) electrons. The minimum absolute atomic E-state index is 0.193. The number of hydrogen-bond acceptors (Lipinski definition) is 3. The predicted molar refractivity (Wildman–Crippen MR) is 75.9 cm³/mol. The smallest absolute Gasteiger partial charge is 0.225 e. The van der Waals surface area contributed by atoms with Crippen LogP contribution in [0.1, 0.15) is 36.6 Å². The Bertz CT molecular complexity index is 362. The van der Waals surface area contributed by atoms with Crippen LogP contribution in [0, 0.1) is 6.92 Å². The van der Waals surface area contributed by atoms with Gasteiger partial charge in [-0.15, -0.1) is 11.3 Å². The molecule has 1 heterocycles. The van der Waals surface area contributed by atoms with Gasteiger partial charge in [-0.3, -0.25) is 4.79 Å². The molecule has 0 atom stereocenters. The lowest BCUT2D eigenvalue weighted by Gasteiger charge is -2.22. The lowest BCUT2D eigenvalue weighted by molar-refractivity contribution is -0.132. The highest BCUT2D eigenvalue weighted by Crippen LogP contribution is 2.18. The summed E-state index contributed by atoms with van der Waals surface area (Å²) < 4.78 is 4.98. The first-order chi connectivity index (χ1) is 8.69. The van der Waals surface area contributed by atoms with E-state index in [1.54, 1.807) is 18.4 Å². The zero-order valence-corrected chi connectivity index (χ0v) is 12.4. The van der Waals surface area contributed by atoms with Crippen molar-refractivity contribution in [3.63, 3.8) is 0 Å². The number of thiophene rings is 1. The lowest BCUT2D eigenvalue weighted by atomic mass is 10.2. The Hall–Kier alpha value is -0.870. The van der Waals surface area contributed by atoms with E-state index in [9.17, 15) is 4.79 Å². The summed E-state index contributed by atoms with van der Waals surface area (Å²) in [6.07, 6.45) is 2.64. The molecule has 0 spiro atoms. The number of hydrogen-bond donors (Lipinski definition) is 0. The maximum Gasteiger partial charge on any atom is 0.225 e. The molecule has 0 aliphatic carbocycles. The van der Waals surface area contributed by atoms with Gasteiger partial charge in [-0.2, -0.15) is 0 Å². The number of nitrogens with zero attached hydrogens (tertiary/aromatic N) is 1. The van der Waals surface area contributed by atoms with Crippen LogP contribution in [0.15, 0.2) is 11.4 Å². The molecule has 1 aromatic heterocycles.